The van der Waals surface area contributed by atoms with Gasteiger partial charge in [-0.3, -0.25) is 9.36 Å². The highest BCUT2D eigenvalue weighted by molar-refractivity contribution is 9.10. The molecule has 206 valence electrons. The minimum absolute atomic E-state index is 0.207. The zero-order chi connectivity index (χ0) is 28.2. The third-order valence-corrected chi connectivity index (χ3v) is 8.69. The monoisotopic (exact) mass is 640 g/mol. The Balaban J connectivity index is 1.66. The lowest BCUT2D eigenvalue weighted by atomic mass is 9.94. The summed E-state index contributed by atoms with van der Waals surface area (Å²) in [4.78, 5) is 41.0. The largest absolute Gasteiger partial charge is 0.497 e. The highest BCUT2D eigenvalue weighted by atomic mass is 79.9. The summed E-state index contributed by atoms with van der Waals surface area (Å²) in [6.07, 6.45) is 6.33. The second-order valence-corrected chi connectivity index (χ2v) is 11.4. The lowest BCUT2D eigenvalue weighted by molar-refractivity contribution is -0.139. The first-order valence-corrected chi connectivity index (χ1v) is 15.0. The number of esters is 1. The van der Waals surface area contributed by atoms with Gasteiger partial charge in [0.1, 0.15) is 11.5 Å². The number of ether oxygens (including phenoxy) is 2. The van der Waals surface area contributed by atoms with Crippen molar-refractivity contribution in [3.05, 3.63) is 95.5 Å². The van der Waals surface area contributed by atoms with Crippen LogP contribution in [-0.2, 0) is 9.53 Å². The van der Waals surface area contributed by atoms with Crippen molar-refractivity contribution in [3.8, 4) is 5.75 Å². The number of methoxy groups -OCH3 is 1. The molecule has 5 rings (SSSR count). The quantitative estimate of drug-likeness (QED) is 0.188. The van der Waals surface area contributed by atoms with Crippen LogP contribution < -0.4 is 19.6 Å². The van der Waals surface area contributed by atoms with Crippen molar-refractivity contribution in [2.24, 2.45) is 4.99 Å². The van der Waals surface area contributed by atoms with E-state index in [0.29, 0.717) is 53.3 Å². The van der Waals surface area contributed by atoms with Gasteiger partial charge < -0.3 is 13.9 Å². The van der Waals surface area contributed by atoms with Gasteiger partial charge in [0.2, 0.25) is 0 Å². The summed E-state index contributed by atoms with van der Waals surface area (Å²) in [5, 5.41) is 1.10. The van der Waals surface area contributed by atoms with Crippen LogP contribution in [0.15, 0.2) is 89.0 Å². The molecule has 1 aliphatic heterocycles. The fourth-order valence-corrected chi connectivity index (χ4v) is 6.54. The molecule has 0 fully saturated rings. The number of halogens is 1. The Morgan fingerprint density at radius 1 is 1.23 bits per heavy atom. The summed E-state index contributed by atoms with van der Waals surface area (Å²) in [6.45, 7) is 3.98. The molecule has 0 radical (unpaired) electrons. The fraction of sp³-hybridized carbons (Fsp3) is 0.250. The first-order valence-electron chi connectivity index (χ1n) is 12.5. The Hall–Kier alpha value is -3.48. The van der Waals surface area contributed by atoms with Crippen LogP contribution in [0.25, 0.3) is 6.08 Å². The van der Waals surface area contributed by atoms with Crippen molar-refractivity contribution < 1.29 is 18.7 Å². The van der Waals surface area contributed by atoms with Gasteiger partial charge >= 0.3 is 5.97 Å². The topological polar surface area (TPSA) is 109 Å². The molecule has 40 heavy (non-hydrogen) atoms. The Bertz CT molecular complexity index is 1760. The number of nitrogens with zero attached hydrogens (tertiary/aromatic N) is 4. The van der Waals surface area contributed by atoms with Crippen LogP contribution in [0.1, 0.15) is 44.1 Å². The maximum atomic E-state index is 13.9. The average molecular weight is 642 g/mol. The highest BCUT2D eigenvalue weighted by Crippen LogP contribution is 2.35. The Labute approximate surface area is 246 Å². The van der Waals surface area contributed by atoms with Crippen molar-refractivity contribution in [2.45, 2.75) is 43.0 Å². The van der Waals surface area contributed by atoms with E-state index in [1.54, 1.807) is 49.2 Å². The van der Waals surface area contributed by atoms with Crippen molar-refractivity contribution in [1.29, 1.82) is 0 Å². The smallest absolute Gasteiger partial charge is 0.338 e. The number of furan rings is 1. The molecule has 0 N–H and O–H groups in total. The van der Waals surface area contributed by atoms with Crippen LogP contribution in [0, 0.1) is 0 Å². The van der Waals surface area contributed by atoms with Crippen LogP contribution in [0.5, 0.6) is 5.75 Å². The van der Waals surface area contributed by atoms with E-state index in [4.69, 9.17) is 18.9 Å². The van der Waals surface area contributed by atoms with Crippen LogP contribution in [0.2, 0.25) is 0 Å². The molecule has 1 aliphatic rings. The SMILES string of the molecule is CCCC1=C(C(=O)OCC)[C@@H](c2cccc(OC)c2)n2c(s/c(=C/c3cc(Br)c(Sc4ncccn4)o3)c2=O)=N1. The molecule has 12 heteroatoms. The van der Waals surface area contributed by atoms with Crippen LogP contribution in [0.3, 0.4) is 0 Å². The molecule has 0 amide bonds. The van der Waals surface area contributed by atoms with E-state index < -0.39 is 12.0 Å². The predicted octanol–water partition coefficient (Wildman–Crippen LogP) is 4.88. The van der Waals surface area contributed by atoms with Gasteiger partial charge in [-0.1, -0.05) is 36.8 Å². The Kier molecular flexibility index (Phi) is 8.67. The Morgan fingerprint density at radius 2 is 2.02 bits per heavy atom. The normalized spacial score (nSPS) is 15.1. The molecule has 0 saturated carbocycles. The van der Waals surface area contributed by atoms with Crippen molar-refractivity contribution in [3.63, 3.8) is 0 Å². The van der Waals surface area contributed by atoms with Gasteiger partial charge in [-0.05, 0) is 70.9 Å². The molecule has 1 aromatic carbocycles. The third-order valence-electron chi connectivity index (χ3n) is 5.98. The molecule has 4 heterocycles. The van der Waals surface area contributed by atoms with Gasteiger partial charge in [0.15, 0.2) is 15.1 Å². The van der Waals surface area contributed by atoms with Gasteiger partial charge in [0.05, 0.1) is 40.0 Å². The van der Waals surface area contributed by atoms with E-state index in [1.807, 2.05) is 31.2 Å². The van der Waals surface area contributed by atoms with Crippen molar-refractivity contribution >= 4 is 51.1 Å². The standard InChI is InChI=1S/C28H25BrN4O5S2/c1-4-8-20-22(25(35)37-5-2)23(16-9-6-10-17(13-16)36-3)33-24(34)21(39-28(33)32-20)15-18-14-19(29)26(38-18)40-27-30-11-7-12-31-27/h6-7,9-15,23H,4-5,8H2,1-3H3/b21-15+/t23-/m1/s1. The van der Waals surface area contributed by atoms with Crippen molar-refractivity contribution in [2.75, 3.05) is 13.7 Å². The molecule has 0 saturated heterocycles. The molecule has 3 aromatic heterocycles. The molecular formula is C28H25BrN4O5S2. The number of carbonyl (C=O) groups is 1. The highest BCUT2D eigenvalue weighted by Gasteiger charge is 2.34. The lowest BCUT2D eigenvalue weighted by Crippen LogP contribution is -2.40. The second-order valence-electron chi connectivity index (χ2n) is 8.61. The maximum absolute atomic E-state index is 13.9. The molecule has 0 aliphatic carbocycles. The van der Waals surface area contributed by atoms with E-state index in [1.165, 1.54) is 23.1 Å². The number of rotatable bonds is 9. The molecular weight excluding hydrogens is 616 g/mol. The molecule has 4 aromatic rings. The lowest BCUT2D eigenvalue weighted by Gasteiger charge is -2.26. The number of fused-ring (bicyclic) bond motifs is 1. The minimum Gasteiger partial charge on any atom is -0.497 e. The van der Waals surface area contributed by atoms with E-state index in [9.17, 15) is 9.59 Å². The zero-order valence-electron chi connectivity index (χ0n) is 21.9. The number of benzene rings is 1. The van der Waals surface area contributed by atoms with Gasteiger partial charge in [-0.2, -0.15) is 0 Å². The molecule has 0 bridgehead atoms. The summed E-state index contributed by atoms with van der Waals surface area (Å²) >= 11 is 6.04. The second kappa shape index (κ2) is 12.4. The van der Waals surface area contributed by atoms with Crippen LogP contribution in [0.4, 0.5) is 0 Å². The first-order chi connectivity index (χ1) is 19.4. The third kappa shape index (κ3) is 5.70. The molecule has 1 atom stereocenters. The number of carbonyl (C=O) groups excluding carboxylic acids is 1. The van der Waals surface area contributed by atoms with Gasteiger partial charge in [0, 0.05) is 18.5 Å². The number of hydrogen-bond acceptors (Lipinski definition) is 10. The maximum Gasteiger partial charge on any atom is 0.338 e. The zero-order valence-corrected chi connectivity index (χ0v) is 25.1. The first kappa shape index (κ1) is 28.1. The van der Waals surface area contributed by atoms with E-state index >= 15 is 0 Å². The molecule has 9 nitrogen and oxygen atoms in total. The van der Waals surface area contributed by atoms with E-state index in [0.717, 1.165) is 12.0 Å². The molecule has 0 spiro atoms. The number of hydrogen-bond donors (Lipinski definition) is 0. The summed E-state index contributed by atoms with van der Waals surface area (Å²) < 4.78 is 19.6. The Morgan fingerprint density at radius 3 is 2.75 bits per heavy atom. The number of thiazole rings is 1. The van der Waals surface area contributed by atoms with E-state index in [-0.39, 0.29) is 12.2 Å². The summed E-state index contributed by atoms with van der Waals surface area (Å²) in [6, 6.07) is 10.2. The predicted molar refractivity (Wildman–Crippen MR) is 155 cm³/mol. The van der Waals surface area contributed by atoms with Crippen LogP contribution in [-0.4, -0.2) is 34.2 Å². The minimum atomic E-state index is -0.723. The summed E-state index contributed by atoms with van der Waals surface area (Å²) in [7, 11) is 1.58. The van der Waals surface area contributed by atoms with Crippen LogP contribution >= 0.6 is 39.0 Å². The van der Waals surface area contributed by atoms with Gasteiger partial charge in [-0.15, -0.1) is 0 Å². The number of allylic oxidation sites excluding steroid dienone is 1. The fourth-order valence-electron chi connectivity index (χ4n) is 4.31. The summed E-state index contributed by atoms with van der Waals surface area (Å²) in [5.74, 6) is 0.605. The van der Waals surface area contributed by atoms with E-state index in [2.05, 4.69) is 25.9 Å². The summed E-state index contributed by atoms with van der Waals surface area (Å²) in [5.41, 5.74) is 1.41. The van der Waals surface area contributed by atoms with Crippen molar-refractivity contribution in [1.82, 2.24) is 14.5 Å². The van der Waals surface area contributed by atoms with Gasteiger partial charge in [0.25, 0.3) is 5.56 Å². The molecule has 0 unspecified atom stereocenters. The number of aromatic nitrogens is 3. The van der Waals surface area contributed by atoms with Gasteiger partial charge in [-0.25, -0.2) is 19.8 Å². The average Bonchev–Trinajstić information content (AvgIpc) is 3.46.